The molecule has 0 bridgehead atoms. The normalized spacial score (nSPS) is 20.0. The molecule has 11 nitrogen and oxygen atoms in total. The number of likely N-dealkylation sites (tertiary alicyclic amines) is 1. The fourth-order valence-corrected chi connectivity index (χ4v) is 2.63. The third-order valence-electron chi connectivity index (χ3n) is 4.06. The molecule has 0 aliphatic carbocycles. The number of hydrogen-bond acceptors (Lipinski definition) is 6. The summed E-state index contributed by atoms with van der Waals surface area (Å²) in [5.74, 6) is -3.71. The number of primary amides is 1. The predicted octanol–water partition coefficient (Wildman–Crippen LogP) is -2.73. The van der Waals surface area contributed by atoms with Crippen molar-refractivity contribution in [2.24, 2.45) is 11.5 Å². The van der Waals surface area contributed by atoms with Gasteiger partial charge in [-0.2, -0.15) is 0 Å². The van der Waals surface area contributed by atoms with Crippen molar-refractivity contribution >= 4 is 29.6 Å². The zero-order valence-corrected chi connectivity index (χ0v) is 14.7. The highest BCUT2D eigenvalue weighted by Gasteiger charge is 2.36. The van der Waals surface area contributed by atoms with Crippen molar-refractivity contribution in [1.29, 1.82) is 0 Å². The number of carbonyl (C=O) groups is 5. The van der Waals surface area contributed by atoms with E-state index in [9.17, 15) is 24.0 Å². The minimum absolute atomic E-state index is 0.310. The van der Waals surface area contributed by atoms with E-state index in [1.807, 2.05) is 0 Å². The van der Waals surface area contributed by atoms with Crippen LogP contribution in [0.15, 0.2) is 0 Å². The third kappa shape index (κ3) is 5.69. The molecule has 1 aliphatic heterocycles. The number of nitrogens with zero attached hydrogens (tertiary/aromatic N) is 1. The van der Waals surface area contributed by atoms with Gasteiger partial charge in [0, 0.05) is 6.54 Å². The van der Waals surface area contributed by atoms with Gasteiger partial charge in [-0.1, -0.05) is 0 Å². The topological polar surface area (TPSA) is 185 Å². The van der Waals surface area contributed by atoms with Crippen molar-refractivity contribution in [1.82, 2.24) is 15.5 Å². The van der Waals surface area contributed by atoms with Gasteiger partial charge >= 0.3 is 5.97 Å². The molecule has 146 valence electrons. The van der Waals surface area contributed by atoms with Crippen molar-refractivity contribution in [3.05, 3.63) is 0 Å². The Morgan fingerprint density at radius 2 is 1.69 bits per heavy atom. The average Bonchev–Trinajstić information content (AvgIpc) is 3.02. The fraction of sp³-hybridized carbons (Fsp3) is 0.667. The molecule has 1 heterocycles. The summed E-state index contributed by atoms with van der Waals surface area (Å²) in [6, 6.07) is -4.04. The van der Waals surface area contributed by atoms with E-state index in [0.717, 1.165) is 0 Å². The highest BCUT2D eigenvalue weighted by molar-refractivity contribution is 5.94. The van der Waals surface area contributed by atoms with Gasteiger partial charge in [0.2, 0.25) is 23.6 Å². The molecular weight excluding hydrogens is 346 g/mol. The molecule has 1 rings (SSSR count). The van der Waals surface area contributed by atoms with Crippen LogP contribution in [0.1, 0.15) is 33.1 Å². The Morgan fingerprint density at radius 1 is 1.12 bits per heavy atom. The van der Waals surface area contributed by atoms with E-state index in [0.29, 0.717) is 19.4 Å². The Morgan fingerprint density at radius 3 is 2.23 bits per heavy atom. The minimum Gasteiger partial charge on any atom is -0.480 e. The van der Waals surface area contributed by atoms with Crippen LogP contribution in [-0.2, 0) is 24.0 Å². The smallest absolute Gasteiger partial charge is 0.326 e. The molecule has 0 spiro atoms. The van der Waals surface area contributed by atoms with Crippen LogP contribution in [0.4, 0.5) is 0 Å². The summed E-state index contributed by atoms with van der Waals surface area (Å²) < 4.78 is 0. The molecular formula is C15H25N5O6. The first kappa shape index (κ1) is 21.4. The molecule has 1 aliphatic rings. The van der Waals surface area contributed by atoms with E-state index in [-0.39, 0.29) is 6.42 Å². The summed E-state index contributed by atoms with van der Waals surface area (Å²) in [6.07, 6.45) is 0.583. The number of nitrogens with one attached hydrogen (secondary N) is 2. The molecule has 4 atom stereocenters. The number of amides is 4. The van der Waals surface area contributed by atoms with Crippen LogP contribution in [0.3, 0.4) is 0 Å². The van der Waals surface area contributed by atoms with Crippen LogP contribution in [-0.4, -0.2) is 70.3 Å². The van der Waals surface area contributed by atoms with Crippen LogP contribution < -0.4 is 22.1 Å². The molecule has 0 aromatic rings. The lowest BCUT2D eigenvalue weighted by molar-refractivity contribution is -0.149. The monoisotopic (exact) mass is 371 g/mol. The van der Waals surface area contributed by atoms with E-state index in [2.05, 4.69) is 10.6 Å². The maximum Gasteiger partial charge on any atom is 0.326 e. The lowest BCUT2D eigenvalue weighted by Gasteiger charge is -2.26. The largest absolute Gasteiger partial charge is 0.480 e. The van der Waals surface area contributed by atoms with Gasteiger partial charge in [0.15, 0.2) is 0 Å². The molecule has 0 aromatic heterocycles. The van der Waals surface area contributed by atoms with Gasteiger partial charge in [-0.25, -0.2) is 4.79 Å². The van der Waals surface area contributed by atoms with Crippen molar-refractivity contribution in [2.45, 2.75) is 57.3 Å². The number of carbonyl (C=O) groups excluding carboxylic acids is 4. The van der Waals surface area contributed by atoms with E-state index < -0.39 is 53.8 Å². The van der Waals surface area contributed by atoms with Crippen molar-refractivity contribution in [3.8, 4) is 0 Å². The highest BCUT2D eigenvalue weighted by atomic mass is 16.4. The van der Waals surface area contributed by atoms with Crippen molar-refractivity contribution in [3.63, 3.8) is 0 Å². The summed E-state index contributed by atoms with van der Waals surface area (Å²) in [5, 5.41) is 13.9. The summed E-state index contributed by atoms with van der Waals surface area (Å²) in [6.45, 7) is 3.13. The van der Waals surface area contributed by atoms with Gasteiger partial charge in [-0.15, -0.1) is 0 Å². The maximum absolute atomic E-state index is 12.4. The summed E-state index contributed by atoms with van der Waals surface area (Å²) in [5.41, 5.74) is 10.4. The Hall–Kier alpha value is -2.69. The van der Waals surface area contributed by atoms with Crippen molar-refractivity contribution < 1.29 is 29.1 Å². The van der Waals surface area contributed by atoms with Gasteiger partial charge < -0.3 is 32.1 Å². The second-order valence-corrected chi connectivity index (χ2v) is 6.27. The maximum atomic E-state index is 12.4. The SMILES string of the molecule is CC(NC(=O)C(N)CC(N)=O)C(=O)NC(C)C(=O)N1CCCC1C(=O)O. The average molecular weight is 371 g/mol. The Bertz CT molecular complexity index is 595. The molecule has 11 heteroatoms. The molecule has 1 saturated heterocycles. The Labute approximate surface area is 150 Å². The number of rotatable bonds is 8. The van der Waals surface area contributed by atoms with E-state index >= 15 is 0 Å². The molecule has 0 aromatic carbocycles. The molecule has 26 heavy (non-hydrogen) atoms. The van der Waals surface area contributed by atoms with Crippen LogP contribution in [0.25, 0.3) is 0 Å². The van der Waals surface area contributed by atoms with Crippen molar-refractivity contribution in [2.75, 3.05) is 6.54 Å². The number of nitrogens with two attached hydrogens (primary N) is 2. The zero-order valence-electron chi connectivity index (χ0n) is 14.7. The van der Waals surface area contributed by atoms with Crippen LogP contribution in [0.2, 0.25) is 0 Å². The van der Waals surface area contributed by atoms with E-state index in [1.54, 1.807) is 0 Å². The predicted molar refractivity (Wildman–Crippen MR) is 89.4 cm³/mol. The lowest BCUT2D eigenvalue weighted by Crippen LogP contribution is -2.55. The minimum atomic E-state index is -1.18. The standard InChI is InChI=1S/C15H25N5O6/c1-7(18-13(23)9(16)6-11(17)21)12(22)19-8(2)14(24)20-5-3-4-10(20)15(25)26/h7-10H,3-6,16H2,1-2H3,(H2,17,21)(H,18,23)(H,19,22)(H,25,26). The number of aliphatic carboxylic acids is 1. The van der Waals surface area contributed by atoms with Gasteiger partial charge in [0.05, 0.1) is 12.5 Å². The fourth-order valence-electron chi connectivity index (χ4n) is 2.63. The van der Waals surface area contributed by atoms with Gasteiger partial charge in [-0.05, 0) is 26.7 Å². The van der Waals surface area contributed by atoms with Gasteiger partial charge in [0.1, 0.15) is 18.1 Å². The van der Waals surface area contributed by atoms with Gasteiger partial charge in [-0.3, -0.25) is 19.2 Å². The summed E-state index contributed by atoms with van der Waals surface area (Å²) >= 11 is 0. The van der Waals surface area contributed by atoms with E-state index in [1.165, 1.54) is 18.7 Å². The molecule has 1 fully saturated rings. The number of carboxylic acids is 1. The first-order valence-corrected chi connectivity index (χ1v) is 8.22. The number of carboxylic acid groups (broad SMARTS) is 1. The van der Waals surface area contributed by atoms with E-state index in [4.69, 9.17) is 16.6 Å². The Balaban J connectivity index is 2.57. The summed E-state index contributed by atoms with van der Waals surface area (Å²) in [7, 11) is 0. The molecule has 4 unspecified atom stereocenters. The molecule has 0 radical (unpaired) electrons. The number of hydrogen-bond donors (Lipinski definition) is 5. The lowest BCUT2D eigenvalue weighted by atomic mass is 10.1. The molecule has 4 amide bonds. The summed E-state index contributed by atoms with van der Waals surface area (Å²) in [4.78, 5) is 59.4. The molecule has 0 saturated carbocycles. The highest BCUT2D eigenvalue weighted by Crippen LogP contribution is 2.18. The second kappa shape index (κ2) is 9.13. The first-order chi connectivity index (χ1) is 12.0. The van der Waals surface area contributed by atoms with Crippen LogP contribution in [0.5, 0.6) is 0 Å². The molecule has 7 N–H and O–H groups in total. The van der Waals surface area contributed by atoms with Crippen LogP contribution >= 0.6 is 0 Å². The quantitative estimate of drug-likeness (QED) is 0.306. The Kier molecular flexibility index (Phi) is 7.50. The first-order valence-electron chi connectivity index (χ1n) is 8.22. The third-order valence-corrected chi connectivity index (χ3v) is 4.06. The zero-order chi connectivity index (χ0) is 20.0. The van der Waals surface area contributed by atoms with Crippen LogP contribution in [0, 0.1) is 0 Å². The van der Waals surface area contributed by atoms with Gasteiger partial charge in [0.25, 0.3) is 0 Å². The second-order valence-electron chi connectivity index (χ2n) is 6.27.